The van der Waals surface area contributed by atoms with Gasteiger partial charge in [-0.3, -0.25) is 4.79 Å². The molecule has 2 rings (SSSR count). The quantitative estimate of drug-likeness (QED) is 0.741. The lowest BCUT2D eigenvalue weighted by Crippen LogP contribution is -2.15. The van der Waals surface area contributed by atoms with E-state index in [9.17, 15) is 18.0 Å². The first-order chi connectivity index (χ1) is 9.38. The van der Waals surface area contributed by atoms with Crippen molar-refractivity contribution >= 4 is 17.3 Å². The van der Waals surface area contributed by atoms with Crippen LogP contribution < -0.4 is 11.1 Å². The average Bonchev–Trinajstić information content (AvgIpc) is 2.35. The second kappa shape index (κ2) is 5.12. The molecule has 0 saturated carbocycles. The molecule has 0 aliphatic rings. The van der Waals surface area contributed by atoms with Gasteiger partial charge in [-0.25, -0.2) is 13.2 Å². The molecule has 1 amide bonds. The molecule has 0 aliphatic heterocycles. The fraction of sp³-hybridized carbons (Fsp3) is 0. The van der Waals surface area contributed by atoms with Crippen LogP contribution in [0, 0.1) is 17.5 Å². The van der Waals surface area contributed by atoms with Gasteiger partial charge in [0.25, 0.3) is 5.91 Å². The van der Waals surface area contributed by atoms with Crippen LogP contribution in [0.4, 0.5) is 24.5 Å². The number of rotatable bonds is 2. The van der Waals surface area contributed by atoms with Gasteiger partial charge in [-0.1, -0.05) is 0 Å². The van der Waals surface area contributed by atoms with Crippen LogP contribution in [0.15, 0.2) is 30.3 Å². The lowest BCUT2D eigenvalue weighted by molar-refractivity contribution is 0.102. The van der Waals surface area contributed by atoms with E-state index in [1.54, 1.807) is 0 Å². The lowest BCUT2D eigenvalue weighted by Gasteiger charge is -2.08. The Hall–Kier alpha value is -2.70. The fourth-order valence-electron chi connectivity index (χ4n) is 1.54. The standard InChI is InChI=1S/C13H9F3N2O2/c14-8-3-6(19)1-2-7(8)13(20)18-12-5-11(17)9(15)4-10(12)16/h1-5,19H,17H2,(H,18,20). The number of halogens is 3. The molecule has 4 N–H and O–H groups in total. The maximum absolute atomic E-state index is 13.4. The highest BCUT2D eigenvalue weighted by Crippen LogP contribution is 2.22. The van der Waals surface area contributed by atoms with Gasteiger partial charge in [0, 0.05) is 12.1 Å². The molecule has 20 heavy (non-hydrogen) atoms. The molecule has 0 aromatic heterocycles. The predicted molar refractivity (Wildman–Crippen MR) is 66.8 cm³/mol. The summed E-state index contributed by atoms with van der Waals surface area (Å²) < 4.78 is 39.8. The van der Waals surface area contributed by atoms with Gasteiger partial charge in [0.2, 0.25) is 0 Å². The maximum Gasteiger partial charge on any atom is 0.258 e. The van der Waals surface area contributed by atoms with E-state index in [0.29, 0.717) is 6.07 Å². The summed E-state index contributed by atoms with van der Waals surface area (Å²) in [5.74, 6) is -4.28. The van der Waals surface area contributed by atoms with E-state index in [1.165, 1.54) is 0 Å². The molecule has 0 spiro atoms. The van der Waals surface area contributed by atoms with E-state index in [1.807, 2.05) is 0 Å². The highest BCUT2D eigenvalue weighted by Gasteiger charge is 2.15. The summed E-state index contributed by atoms with van der Waals surface area (Å²) in [4.78, 5) is 11.8. The Balaban J connectivity index is 2.30. The maximum atomic E-state index is 13.4. The third kappa shape index (κ3) is 2.66. The van der Waals surface area contributed by atoms with Crippen molar-refractivity contribution in [3.63, 3.8) is 0 Å². The molecule has 0 heterocycles. The van der Waals surface area contributed by atoms with Gasteiger partial charge < -0.3 is 16.2 Å². The number of phenolic OH excluding ortho intramolecular Hbond substituents is 1. The van der Waals surface area contributed by atoms with Crippen molar-refractivity contribution in [3.05, 3.63) is 53.3 Å². The Morgan fingerprint density at radius 2 is 1.75 bits per heavy atom. The molecule has 2 aromatic carbocycles. The number of nitrogens with two attached hydrogens (primary N) is 1. The monoisotopic (exact) mass is 282 g/mol. The summed E-state index contributed by atoms with van der Waals surface area (Å²) in [6.07, 6.45) is 0. The molecule has 7 heteroatoms. The summed E-state index contributed by atoms with van der Waals surface area (Å²) in [5.41, 5.74) is 4.13. The number of amides is 1. The van der Waals surface area contributed by atoms with E-state index in [4.69, 9.17) is 10.8 Å². The number of aromatic hydroxyl groups is 1. The molecule has 0 atom stereocenters. The first-order valence-electron chi connectivity index (χ1n) is 5.43. The number of carbonyl (C=O) groups excluding carboxylic acids is 1. The Bertz CT molecular complexity index is 690. The van der Waals surface area contributed by atoms with Crippen molar-refractivity contribution in [2.24, 2.45) is 0 Å². The first kappa shape index (κ1) is 13.7. The van der Waals surface area contributed by atoms with Crippen molar-refractivity contribution in [3.8, 4) is 5.75 Å². The Labute approximate surface area is 111 Å². The summed E-state index contributed by atoms with van der Waals surface area (Å²) in [6, 6.07) is 4.28. The van der Waals surface area contributed by atoms with Crippen molar-refractivity contribution in [1.29, 1.82) is 0 Å². The SMILES string of the molecule is Nc1cc(NC(=O)c2ccc(O)cc2F)c(F)cc1F. The zero-order chi connectivity index (χ0) is 14.9. The van der Waals surface area contributed by atoms with Gasteiger partial charge in [-0.2, -0.15) is 0 Å². The van der Waals surface area contributed by atoms with Gasteiger partial charge in [0.05, 0.1) is 16.9 Å². The lowest BCUT2D eigenvalue weighted by atomic mass is 10.1. The molecular weight excluding hydrogens is 273 g/mol. The minimum atomic E-state index is -1.04. The fourth-order valence-corrected chi connectivity index (χ4v) is 1.54. The number of anilines is 2. The zero-order valence-corrected chi connectivity index (χ0v) is 9.95. The number of benzene rings is 2. The van der Waals surface area contributed by atoms with Crippen LogP contribution in [0.25, 0.3) is 0 Å². The number of nitrogens with one attached hydrogen (secondary N) is 1. The van der Waals surface area contributed by atoms with Crippen LogP contribution in [0.1, 0.15) is 10.4 Å². The van der Waals surface area contributed by atoms with Crippen molar-refractivity contribution in [2.75, 3.05) is 11.1 Å². The summed E-state index contributed by atoms with van der Waals surface area (Å²) >= 11 is 0. The van der Waals surface area contributed by atoms with Crippen LogP contribution in [-0.4, -0.2) is 11.0 Å². The topological polar surface area (TPSA) is 75.3 Å². The molecule has 0 aliphatic carbocycles. The molecule has 4 nitrogen and oxygen atoms in total. The van der Waals surface area contributed by atoms with Gasteiger partial charge >= 0.3 is 0 Å². The molecular formula is C13H9F3N2O2. The van der Waals surface area contributed by atoms with Gasteiger partial charge in [-0.15, -0.1) is 0 Å². The van der Waals surface area contributed by atoms with E-state index >= 15 is 0 Å². The Morgan fingerprint density at radius 1 is 1.05 bits per heavy atom. The molecule has 0 radical (unpaired) electrons. The zero-order valence-electron chi connectivity index (χ0n) is 9.95. The van der Waals surface area contributed by atoms with Gasteiger partial charge in [0.1, 0.15) is 23.2 Å². The number of hydrogen-bond donors (Lipinski definition) is 3. The van der Waals surface area contributed by atoms with Gasteiger partial charge in [0.15, 0.2) is 0 Å². The molecule has 0 unspecified atom stereocenters. The highest BCUT2D eigenvalue weighted by atomic mass is 19.1. The minimum absolute atomic E-state index is 0.351. The Morgan fingerprint density at radius 3 is 2.40 bits per heavy atom. The molecule has 104 valence electrons. The number of hydrogen-bond acceptors (Lipinski definition) is 3. The molecule has 2 aromatic rings. The minimum Gasteiger partial charge on any atom is -0.508 e. The predicted octanol–water partition coefficient (Wildman–Crippen LogP) is 2.64. The van der Waals surface area contributed by atoms with Crippen LogP contribution in [0.2, 0.25) is 0 Å². The smallest absolute Gasteiger partial charge is 0.258 e. The Kier molecular flexibility index (Phi) is 3.51. The second-order valence-corrected chi connectivity index (χ2v) is 3.97. The average molecular weight is 282 g/mol. The highest BCUT2D eigenvalue weighted by molar-refractivity contribution is 6.04. The summed E-state index contributed by atoms with van der Waals surface area (Å²) in [7, 11) is 0. The summed E-state index contributed by atoms with van der Waals surface area (Å²) in [6.45, 7) is 0. The van der Waals surface area contributed by atoms with Crippen LogP contribution in [-0.2, 0) is 0 Å². The number of phenols is 1. The normalized spacial score (nSPS) is 10.3. The van der Waals surface area contributed by atoms with Crippen LogP contribution >= 0.6 is 0 Å². The van der Waals surface area contributed by atoms with E-state index in [-0.39, 0.29) is 17.1 Å². The van der Waals surface area contributed by atoms with E-state index in [0.717, 1.165) is 24.3 Å². The third-order valence-corrected chi connectivity index (χ3v) is 2.53. The summed E-state index contributed by atoms with van der Waals surface area (Å²) in [5, 5.41) is 11.1. The van der Waals surface area contributed by atoms with Crippen LogP contribution in [0.5, 0.6) is 5.75 Å². The molecule has 0 bridgehead atoms. The van der Waals surface area contributed by atoms with Gasteiger partial charge in [-0.05, 0) is 18.2 Å². The van der Waals surface area contributed by atoms with Crippen molar-refractivity contribution in [1.82, 2.24) is 0 Å². The number of carbonyl (C=O) groups is 1. The molecule has 0 fully saturated rings. The van der Waals surface area contributed by atoms with E-state index < -0.39 is 28.9 Å². The van der Waals surface area contributed by atoms with Crippen LogP contribution in [0.3, 0.4) is 0 Å². The number of nitrogen functional groups attached to an aromatic ring is 1. The largest absolute Gasteiger partial charge is 0.508 e. The second-order valence-electron chi connectivity index (χ2n) is 3.97. The third-order valence-electron chi connectivity index (χ3n) is 2.53. The first-order valence-corrected chi connectivity index (χ1v) is 5.43. The van der Waals surface area contributed by atoms with Crippen molar-refractivity contribution < 1.29 is 23.1 Å². The van der Waals surface area contributed by atoms with E-state index in [2.05, 4.69) is 5.32 Å². The molecule has 0 saturated heterocycles. The van der Waals surface area contributed by atoms with Crippen molar-refractivity contribution in [2.45, 2.75) is 0 Å².